The lowest BCUT2D eigenvalue weighted by Gasteiger charge is -2.22. The smallest absolute Gasteiger partial charge is 0.225 e. The highest BCUT2D eigenvalue weighted by Gasteiger charge is 2.23. The lowest BCUT2D eigenvalue weighted by Crippen LogP contribution is -2.34. The second kappa shape index (κ2) is 7.05. The van der Waals surface area contributed by atoms with Crippen LogP contribution in [0.5, 0.6) is 0 Å². The van der Waals surface area contributed by atoms with E-state index in [0.29, 0.717) is 0 Å². The molecule has 5 heteroatoms. The number of para-hydroxylation sites is 2. The number of carbonyl (C=O) groups is 1. The normalized spacial score (nSPS) is 12.5. The van der Waals surface area contributed by atoms with E-state index in [0.717, 1.165) is 22.4 Å². The summed E-state index contributed by atoms with van der Waals surface area (Å²) in [5.41, 5.74) is 2.74. The van der Waals surface area contributed by atoms with Crippen LogP contribution in [0.1, 0.15) is 31.3 Å². The average molecular weight is 339 g/mol. The van der Waals surface area contributed by atoms with Crippen molar-refractivity contribution in [2.75, 3.05) is 0 Å². The highest BCUT2D eigenvalue weighted by atomic mass is 19.1. The fraction of sp³-hybridized carbons (Fsp3) is 0.300. The molecule has 0 fully saturated rings. The largest absolute Gasteiger partial charge is 0.346 e. The SMILES string of the molecule is CC(C)[C@H](NC(=O)Cc1ccc(F)cc1)c1nc2ccccc2n1C. The summed E-state index contributed by atoms with van der Waals surface area (Å²) < 4.78 is 15.0. The first kappa shape index (κ1) is 17.1. The van der Waals surface area contributed by atoms with E-state index in [2.05, 4.69) is 19.2 Å². The number of carbonyl (C=O) groups excluding carboxylic acids is 1. The summed E-state index contributed by atoms with van der Waals surface area (Å²) in [6, 6.07) is 13.7. The molecule has 0 spiro atoms. The minimum absolute atomic E-state index is 0.0997. The molecular formula is C20H22FN3O. The maximum Gasteiger partial charge on any atom is 0.225 e. The number of aromatic nitrogens is 2. The predicted molar refractivity (Wildman–Crippen MR) is 96.5 cm³/mol. The van der Waals surface area contributed by atoms with Gasteiger partial charge >= 0.3 is 0 Å². The van der Waals surface area contributed by atoms with Crippen LogP contribution in [-0.4, -0.2) is 15.5 Å². The molecule has 1 amide bonds. The molecule has 3 aromatic rings. The number of benzene rings is 2. The maximum absolute atomic E-state index is 13.0. The highest BCUT2D eigenvalue weighted by molar-refractivity contribution is 5.79. The first-order valence-electron chi connectivity index (χ1n) is 8.41. The molecule has 1 atom stereocenters. The Balaban J connectivity index is 1.82. The van der Waals surface area contributed by atoms with E-state index in [4.69, 9.17) is 4.98 Å². The van der Waals surface area contributed by atoms with Crippen molar-refractivity contribution >= 4 is 16.9 Å². The first-order chi connectivity index (χ1) is 12.0. The number of nitrogens with one attached hydrogen (secondary N) is 1. The average Bonchev–Trinajstić information content (AvgIpc) is 2.91. The Morgan fingerprint density at radius 3 is 2.48 bits per heavy atom. The summed E-state index contributed by atoms with van der Waals surface area (Å²) in [5.74, 6) is 0.623. The number of halogens is 1. The molecule has 130 valence electrons. The van der Waals surface area contributed by atoms with Gasteiger partial charge in [0.25, 0.3) is 0 Å². The van der Waals surface area contributed by atoms with E-state index < -0.39 is 0 Å². The van der Waals surface area contributed by atoms with Crippen LogP contribution in [0.3, 0.4) is 0 Å². The van der Waals surface area contributed by atoms with Crippen LogP contribution < -0.4 is 5.32 Å². The molecular weight excluding hydrogens is 317 g/mol. The quantitative estimate of drug-likeness (QED) is 0.769. The Bertz CT molecular complexity index is 884. The van der Waals surface area contributed by atoms with Gasteiger partial charge in [-0.2, -0.15) is 0 Å². The summed E-state index contributed by atoms with van der Waals surface area (Å²) >= 11 is 0. The van der Waals surface area contributed by atoms with Crippen molar-refractivity contribution in [1.29, 1.82) is 0 Å². The van der Waals surface area contributed by atoms with Crippen molar-refractivity contribution in [3.8, 4) is 0 Å². The summed E-state index contributed by atoms with van der Waals surface area (Å²) in [6.45, 7) is 4.12. The van der Waals surface area contributed by atoms with Crippen molar-refractivity contribution < 1.29 is 9.18 Å². The Hall–Kier alpha value is -2.69. The number of imidazole rings is 1. The number of rotatable bonds is 5. The Labute approximate surface area is 146 Å². The lowest BCUT2D eigenvalue weighted by atomic mass is 10.0. The van der Waals surface area contributed by atoms with Crippen LogP contribution in [0.25, 0.3) is 11.0 Å². The molecule has 1 N–H and O–H groups in total. The Morgan fingerprint density at radius 1 is 1.16 bits per heavy atom. The fourth-order valence-electron chi connectivity index (χ4n) is 2.98. The Kier molecular flexibility index (Phi) is 4.83. The van der Waals surface area contributed by atoms with Crippen molar-refractivity contribution in [2.24, 2.45) is 13.0 Å². The zero-order valence-corrected chi connectivity index (χ0v) is 14.7. The number of nitrogens with zero attached hydrogens (tertiary/aromatic N) is 2. The number of aryl methyl sites for hydroxylation is 1. The first-order valence-corrected chi connectivity index (χ1v) is 8.41. The van der Waals surface area contributed by atoms with Gasteiger partial charge in [0, 0.05) is 7.05 Å². The van der Waals surface area contributed by atoms with Crippen LogP contribution in [0.15, 0.2) is 48.5 Å². The molecule has 0 aliphatic heterocycles. The standard InChI is InChI=1S/C20H22FN3O/c1-13(2)19(20-22-16-6-4-5-7-17(16)24(20)3)23-18(25)12-14-8-10-15(21)11-9-14/h4-11,13,19H,12H2,1-3H3,(H,23,25)/t19-/m0/s1. The van der Waals surface area contributed by atoms with Gasteiger partial charge in [-0.3, -0.25) is 4.79 Å². The van der Waals surface area contributed by atoms with Crippen LogP contribution in [-0.2, 0) is 18.3 Å². The molecule has 1 aromatic heterocycles. The van der Waals surface area contributed by atoms with Crippen LogP contribution >= 0.6 is 0 Å². The molecule has 0 saturated heterocycles. The second-order valence-corrected chi connectivity index (χ2v) is 6.61. The fourth-order valence-corrected chi connectivity index (χ4v) is 2.98. The number of hydrogen-bond acceptors (Lipinski definition) is 2. The monoisotopic (exact) mass is 339 g/mol. The van der Waals surface area contributed by atoms with E-state index in [1.165, 1.54) is 12.1 Å². The number of fused-ring (bicyclic) bond motifs is 1. The van der Waals surface area contributed by atoms with Crippen molar-refractivity contribution in [1.82, 2.24) is 14.9 Å². The van der Waals surface area contributed by atoms with Gasteiger partial charge in [-0.25, -0.2) is 9.37 Å². The van der Waals surface area contributed by atoms with Gasteiger partial charge in [-0.05, 0) is 35.7 Å². The Morgan fingerprint density at radius 2 is 1.84 bits per heavy atom. The zero-order valence-electron chi connectivity index (χ0n) is 14.7. The third-order valence-corrected chi connectivity index (χ3v) is 4.36. The topological polar surface area (TPSA) is 46.9 Å². The molecule has 0 unspecified atom stereocenters. The third kappa shape index (κ3) is 3.71. The molecule has 0 aliphatic rings. The van der Waals surface area contributed by atoms with Gasteiger partial charge in [0.1, 0.15) is 11.6 Å². The van der Waals surface area contributed by atoms with E-state index >= 15 is 0 Å². The molecule has 2 aromatic carbocycles. The van der Waals surface area contributed by atoms with Crippen molar-refractivity contribution in [3.63, 3.8) is 0 Å². The van der Waals surface area contributed by atoms with E-state index in [-0.39, 0.29) is 30.1 Å². The molecule has 4 nitrogen and oxygen atoms in total. The molecule has 0 aliphatic carbocycles. The van der Waals surface area contributed by atoms with Gasteiger partial charge in [-0.15, -0.1) is 0 Å². The van der Waals surface area contributed by atoms with E-state index in [9.17, 15) is 9.18 Å². The lowest BCUT2D eigenvalue weighted by molar-refractivity contribution is -0.121. The van der Waals surface area contributed by atoms with Gasteiger partial charge in [0.05, 0.1) is 23.5 Å². The molecule has 1 heterocycles. The predicted octanol–water partition coefficient (Wildman–Crippen LogP) is 3.77. The highest BCUT2D eigenvalue weighted by Crippen LogP contribution is 2.24. The summed E-state index contributed by atoms with van der Waals surface area (Å²) in [7, 11) is 1.96. The maximum atomic E-state index is 13.0. The van der Waals surface area contributed by atoms with Gasteiger partial charge < -0.3 is 9.88 Å². The molecule has 3 rings (SSSR count). The minimum Gasteiger partial charge on any atom is -0.346 e. The van der Waals surface area contributed by atoms with Gasteiger partial charge in [0.2, 0.25) is 5.91 Å². The summed E-state index contributed by atoms with van der Waals surface area (Å²) in [4.78, 5) is 17.2. The summed E-state index contributed by atoms with van der Waals surface area (Å²) in [6.07, 6.45) is 0.216. The molecule has 25 heavy (non-hydrogen) atoms. The van der Waals surface area contributed by atoms with E-state index in [1.807, 2.05) is 35.9 Å². The molecule has 0 bridgehead atoms. The number of amides is 1. The van der Waals surface area contributed by atoms with E-state index in [1.54, 1.807) is 12.1 Å². The van der Waals surface area contributed by atoms with Crippen LogP contribution in [0.4, 0.5) is 4.39 Å². The van der Waals surface area contributed by atoms with Crippen molar-refractivity contribution in [2.45, 2.75) is 26.3 Å². The van der Waals surface area contributed by atoms with Gasteiger partial charge in [0.15, 0.2) is 0 Å². The van der Waals surface area contributed by atoms with Gasteiger partial charge in [-0.1, -0.05) is 38.1 Å². The van der Waals surface area contributed by atoms with Crippen LogP contribution in [0, 0.1) is 11.7 Å². The minimum atomic E-state index is -0.302. The number of hydrogen-bond donors (Lipinski definition) is 1. The molecule has 0 saturated carbocycles. The molecule has 0 radical (unpaired) electrons. The summed E-state index contributed by atoms with van der Waals surface area (Å²) in [5, 5.41) is 3.08. The second-order valence-electron chi connectivity index (χ2n) is 6.61. The van der Waals surface area contributed by atoms with Crippen molar-refractivity contribution in [3.05, 3.63) is 65.7 Å². The third-order valence-electron chi connectivity index (χ3n) is 4.36. The zero-order chi connectivity index (χ0) is 18.0. The van der Waals surface area contributed by atoms with Crippen LogP contribution in [0.2, 0.25) is 0 Å².